The zero-order valence-electron chi connectivity index (χ0n) is 15.7. The molecule has 3 aromatic rings. The zero-order chi connectivity index (χ0) is 20.2. The highest BCUT2D eigenvalue weighted by molar-refractivity contribution is 7.22. The van der Waals surface area contributed by atoms with Crippen LogP contribution in [-0.4, -0.2) is 16.9 Å². The maximum absolute atomic E-state index is 12.4. The van der Waals surface area contributed by atoms with E-state index in [1.54, 1.807) is 36.4 Å². The maximum atomic E-state index is 12.4. The Morgan fingerprint density at radius 1 is 1.00 bits per heavy atom. The number of rotatable bonds is 4. The predicted molar refractivity (Wildman–Crippen MR) is 119 cm³/mol. The first-order valence-electron chi connectivity index (χ1n) is 9.62. The van der Waals surface area contributed by atoms with Crippen molar-refractivity contribution in [1.82, 2.24) is 4.98 Å². The molecular weight excluding hydrogens is 408 g/mol. The summed E-state index contributed by atoms with van der Waals surface area (Å²) >= 11 is 7.50. The van der Waals surface area contributed by atoms with Crippen molar-refractivity contribution < 1.29 is 9.59 Å². The second kappa shape index (κ2) is 8.80. The van der Waals surface area contributed by atoms with E-state index in [0.29, 0.717) is 21.5 Å². The zero-order valence-corrected chi connectivity index (χ0v) is 17.3. The Kier molecular flexibility index (Phi) is 5.97. The van der Waals surface area contributed by atoms with Crippen LogP contribution in [0.2, 0.25) is 5.02 Å². The topological polar surface area (TPSA) is 83.1 Å². The molecule has 1 saturated carbocycles. The van der Waals surface area contributed by atoms with Gasteiger partial charge >= 0.3 is 6.03 Å². The summed E-state index contributed by atoms with van der Waals surface area (Å²) in [4.78, 5) is 29.2. The van der Waals surface area contributed by atoms with E-state index in [4.69, 9.17) is 11.6 Å². The molecule has 1 fully saturated rings. The van der Waals surface area contributed by atoms with Gasteiger partial charge in [0.05, 0.1) is 20.9 Å². The summed E-state index contributed by atoms with van der Waals surface area (Å²) in [6.07, 6.45) is 5.34. The smallest absolute Gasteiger partial charge is 0.308 e. The SMILES string of the molecule is O=C(Nc1ccc2sc(NC(=O)C3CCCCC3)nc2c1)Nc1ccccc1Cl. The number of urea groups is 1. The molecule has 0 aliphatic heterocycles. The Balaban J connectivity index is 1.42. The number of thiazole rings is 1. The number of fused-ring (bicyclic) bond motifs is 1. The van der Waals surface area contributed by atoms with Gasteiger partial charge in [-0.25, -0.2) is 9.78 Å². The number of aromatic nitrogens is 1. The molecule has 4 rings (SSSR count). The van der Waals surface area contributed by atoms with E-state index >= 15 is 0 Å². The van der Waals surface area contributed by atoms with Gasteiger partial charge in [-0.15, -0.1) is 0 Å². The summed E-state index contributed by atoms with van der Waals surface area (Å²) in [5.74, 6) is 0.141. The van der Waals surface area contributed by atoms with Crippen LogP contribution in [0.5, 0.6) is 0 Å². The number of nitrogens with zero attached hydrogens (tertiary/aromatic N) is 1. The number of anilines is 3. The molecule has 0 atom stereocenters. The minimum absolute atomic E-state index is 0.0567. The van der Waals surface area contributed by atoms with Crippen LogP contribution in [0, 0.1) is 5.92 Å². The number of hydrogen-bond donors (Lipinski definition) is 3. The van der Waals surface area contributed by atoms with Gasteiger partial charge < -0.3 is 16.0 Å². The van der Waals surface area contributed by atoms with Crippen LogP contribution in [0.4, 0.5) is 21.3 Å². The van der Waals surface area contributed by atoms with Crippen molar-refractivity contribution in [2.24, 2.45) is 5.92 Å². The molecule has 3 amide bonds. The molecule has 6 nitrogen and oxygen atoms in total. The molecule has 1 aliphatic carbocycles. The molecule has 8 heteroatoms. The van der Waals surface area contributed by atoms with Crippen LogP contribution in [-0.2, 0) is 4.79 Å². The molecule has 1 aromatic heterocycles. The summed E-state index contributed by atoms with van der Waals surface area (Å²) in [5.41, 5.74) is 1.87. The van der Waals surface area contributed by atoms with Gasteiger partial charge in [-0.1, -0.05) is 54.3 Å². The van der Waals surface area contributed by atoms with Crippen molar-refractivity contribution in [3.8, 4) is 0 Å². The molecule has 0 radical (unpaired) electrons. The lowest BCUT2D eigenvalue weighted by atomic mass is 9.89. The lowest BCUT2D eigenvalue weighted by Crippen LogP contribution is -2.24. The highest BCUT2D eigenvalue weighted by Crippen LogP contribution is 2.30. The number of carbonyl (C=O) groups is 2. The minimum atomic E-state index is -0.390. The number of carbonyl (C=O) groups excluding carboxylic acids is 2. The van der Waals surface area contributed by atoms with Crippen LogP contribution < -0.4 is 16.0 Å². The molecule has 2 aromatic carbocycles. The average Bonchev–Trinajstić information content (AvgIpc) is 3.12. The minimum Gasteiger partial charge on any atom is -0.308 e. The van der Waals surface area contributed by atoms with Gasteiger partial charge in [-0.2, -0.15) is 0 Å². The summed E-state index contributed by atoms with van der Waals surface area (Å²) < 4.78 is 0.945. The number of amides is 3. The van der Waals surface area contributed by atoms with E-state index < -0.39 is 6.03 Å². The van der Waals surface area contributed by atoms with Crippen molar-refractivity contribution in [2.75, 3.05) is 16.0 Å². The first-order chi connectivity index (χ1) is 14.1. The quantitative estimate of drug-likeness (QED) is 0.468. The van der Waals surface area contributed by atoms with Gasteiger partial charge in [-0.3, -0.25) is 4.79 Å². The van der Waals surface area contributed by atoms with E-state index in [9.17, 15) is 9.59 Å². The number of para-hydroxylation sites is 1. The molecule has 0 saturated heterocycles. The normalized spacial score (nSPS) is 14.5. The molecule has 0 bridgehead atoms. The summed E-state index contributed by atoms with van der Waals surface area (Å²) in [6, 6.07) is 12.1. The number of halogens is 1. The fourth-order valence-corrected chi connectivity index (χ4v) is 4.51. The van der Waals surface area contributed by atoms with Crippen LogP contribution in [0.3, 0.4) is 0 Å². The monoisotopic (exact) mass is 428 g/mol. The van der Waals surface area contributed by atoms with Gasteiger partial charge in [0.15, 0.2) is 5.13 Å². The third-order valence-electron chi connectivity index (χ3n) is 4.97. The van der Waals surface area contributed by atoms with Crippen LogP contribution >= 0.6 is 22.9 Å². The summed E-state index contributed by atoms with van der Waals surface area (Å²) in [5, 5.41) is 9.51. The van der Waals surface area contributed by atoms with E-state index in [0.717, 1.165) is 35.9 Å². The van der Waals surface area contributed by atoms with Crippen LogP contribution in [0.25, 0.3) is 10.2 Å². The van der Waals surface area contributed by atoms with E-state index in [1.807, 2.05) is 6.07 Å². The Morgan fingerprint density at radius 3 is 2.59 bits per heavy atom. The van der Waals surface area contributed by atoms with Crippen molar-refractivity contribution in [2.45, 2.75) is 32.1 Å². The van der Waals surface area contributed by atoms with E-state index in [2.05, 4.69) is 20.9 Å². The lowest BCUT2D eigenvalue weighted by Gasteiger charge is -2.19. The lowest BCUT2D eigenvalue weighted by molar-refractivity contribution is -0.120. The Morgan fingerprint density at radius 2 is 1.79 bits per heavy atom. The van der Waals surface area contributed by atoms with E-state index in [1.165, 1.54) is 17.8 Å². The van der Waals surface area contributed by atoms with Gasteiger partial charge in [0, 0.05) is 11.6 Å². The van der Waals surface area contributed by atoms with Gasteiger partial charge in [-0.05, 0) is 43.2 Å². The second-order valence-corrected chi connectivity index (χ2v) is 8.52. The fraction of sp³-hybridized carbons (Fsp3) is 0.286. The fourth-order valence-electron chi connectivity index (χ4n) is 3.48. The van der Waals surface area contributed by atoms with Gasteiger partial charge in [0.2, 0.25) is 5.91 Å². The second-order valence-electron chi connectivity index (χ2n) is 7.08. The van der Waals surface area contributed by atoms with E-state index in [-0.39, 0.29) is 11.8 Å². The summed E-state index contributed by atoms with van der Waals surface area (Å²) in [6.45, 7) is 0. The molecule has 0 unspecified atom stereocenters. The molecule has 29 heavy (non-hydrogen) atoms. The first-order valence-corrected chi connectivity index (χ1v) is 10.8. The average molecular weight is 429 g/mol. The van der Waals surface area contributed by atoms with Crippen molar-refractivity contribution in [3.05, 3.63) is 47.5 Å². The first kappa shape index (κ1) is 19.7. The Hall–Kier alpha value is -2.64. The molecule has 150 valence electrons. The van der Waals surface area contributed by atoms with Gasteiger partial charge in [0.25, 0.3) is 0 Å². The molecule has 1 heterocycles. The van der Waals surface area contributed by atoms with Crippen molar-refractivity contribution in [1.29, 1.82) is 0 Å². The third kappa shape index (κ3) is 4.86. The maximum Gasteiger partial charge on any atom is 0.323 e. The standard InChI is InChI=1S/C21H21ClN4O2S/c22-15-8-4-5-9-16(15)24-20(28)23-14-10-11-18-17(12-14)25-21(29-18)26-19(27)13-6-2-1-3-7-13/h4-5,8-13H,1-3,6-7H2,(H2,23,24,28)(H,25,26,27). The van der Waals surface area contributed by atoms with Crippen molar-refractivity contribution in [3.63, 3.8) is 0 Å². The summed E-state index contributed by atoms with van der Waals surface area (Å²) in [7, 11) is 0. The number of nitrogens with one attached hydrogen (secondary N) is 3. The molecular formula is C21H21ClN4O2S. The molecule has 1 aliphatic rings. The van der Waals surface area contributed by atoms with Crippen LogP contribution in [0.1, 0.15) is 32.1 Å². The molecule has 3 N–H and O–H groups in total. The number of benzene rings is 2. The predicted octanol–water partition coefficient (Wildman–Crippen LogP) is 6.11. The third-order valence-corrected chi connectivity index (χ3v) is 6.26. The Bertz CT molecular complexity index is 1050. The van der Waals surface area contributed by atoms with Gasteiger partial charge in [0.1, 0.15) is 0 Å². The highest BCUT2D eigenvalue weighted by Gasteiger charge is 2.22. The highest BCUT2D eigenvalue weighted by atomic mass is 35.5. The largest absolute Gasteiger partial charge is 0.323 e. The number of hydrogen-bond acceptors (Lipinski definition) is 4. The van der Waals surface area contributed by atoms with Crippen molar-refractivity contribution >= 4 is 61.6 Å². The van der Waals surface area contributed by atoms with Crippen LogP contribution in [0.15, 0.2) is 42.5 Å². The Labute approximate surface area is 177 Å². The molecule has 0 spiro atoms.